The minimum absolute atomic E-state index is 0.0567. The SMILES string of the molecule is CC(Oc1c(N)cccc1F)C(=O)NC1CCCCC1. The molecule has 110 valence electrons. The van der Waals surface area contributed by atoms with E-state index in [1.165, 1.54) is 18.6 Å². The molecule has 1 fully saturated rings. The third-order valence-electron chi connectivity index (χ3n) is 3.61. The van der Waals surface area contributed by atoms with Crippen molar-refractivity contribution in [2.75, 3.05) is 5.73 Å². The molecule has 0 spiro atoms. The van der Waals surface area contributed by atoms with Gasteiger partial charge in [-0.1, -0.05) is 25.3 Å². The zero-order chi connectivity index (χ0) is 14.5. The van der Waals surface area contributed by atoms with Gasteiger partial charge in [-0.15, -0.1) is 0 Å². The summed E-state index contributed by atoms with van der Waals surface area (Å²) in [7, 11) is 0. The summed E-state index contributed by atoms with van der Waals surface area (Å²) < 4.78 is 19.0. The van der Waals surface area contributed by atoms with Crippen molar-refractivity contribution < 1.29 is 13.9 Å². The van der Waals surface area contributed by atoms with Gasteiger partial charge in [-0.05, 0) is 31.9 Å². The first kappa shape index (κ1) is 14.6. The van der Waals surface area contributed by atoms with Crippen LogP contribution in [0.4, 0.5) is 10.1 Å². The van der Waals surface area contributed by atoms with Crippen LogP contribution in [0.3, 0.4) is 0 Å². The Labute approximate surface area is 118 Å². The summed E-state index contributed by atoms with van der Waals surface area (Å²) >= 11 is 0. The zero-order valence-electron chi connectivity index (χ0n) is 11.7. The predicted molar refractivity (Wildman–Crippen MR) is 75.9 cm³/mol. The molecule has 3 N–H and O–H groups in total. The van der Waals surface area contributed by atoms with Crippen LogP contribution >= 0.6 is 0 Å². The molecular weight excluding hydrogens is 259 g/mol. The highest BCUT2D eigenvalue weighted by atomic mass is 19.1. The van der Waals surface area contributed by atoms with Gasteiger partial charge < -0.3 is 15.8 Å². The Morgan fingerprint density at radius 1 is 1.40 bits per heavy atom. The number of rotatable bonds is 4. The van der Waals surface area contributed by atoms with Crippen molar-refractivity contribution in [3.8, 4) is 5.75 Å². The molecule has 0 radical (unpaired) electrons. The van der Waals surface area contributed by atoms with Gasteiger partial charge in [0.1, 0.15) is 0 Å². The Bertz CT molecular complexity index is 453. The summed E-state index contributed by atoms with van der Waals surface area (Å²) in [6.07, 6.45) is 4.74. The number of nitrogens with two attached hydrogens (primary N) is 1. The van der Waals surface area contributed by atoms with E-state index in [4.69, 9.17) is 10.5 Å². The molecular formula is C15H21FN2O2. The average molecular weight is 280 g/mol. The number of amides is 1. The number of ether oxygens (including phenoxy) is 1. The Hall–Kier alpha value is -1.78. The quantitative estimate of drug-likeness (QED) is 0.833. The van der Waals surface area contributed by atoms with Crippen molar-refractivity contribution in [2.45, 2.75) is 51.2 Å². The van der Waals surface area contributed by atoms with Crippen LogP contribution in [0.2, 0.25) is 0 Å². The predicted octanol–water partition coefficient (Wildman–Crippen LogP) is 2.62. The van der Waals surface area contributed by atoms with Gasteiger partial charge in [0.2, 0.25) is 0 Å². The lowest BCUT2D eigenvalue weighted by Gasteiger charge is -2.25. The second-order valence-electron chi connectivity index (χ2n) is 5.26. The number of carbonyl (C=O) groups excluding carboxylic acids is 1. The van der Waals surface area contributed by atoms with Crippen molar-refractivity contribution in [1.29, 1.82) is 0 Å². The fraction of sp³-hybridized carbons (Fsp3) is 0.533. The van der Waals surface area contributed by atoms with Gasteiger partial charge in [-0.3, -0.25) is 4.79 Å². The third kappa shape index (κ3) is 3.62. The van der Waals surface area contributed by atoms with E-state index in [1.54, 1.807) is 13.0 Å². The Morgan fingerprint density at radius 2 is 2.10 bits per heavy atom. The summed E-state index contributed by atoms with van der Waals surface area (Å²) in [6.45, 7) is 1.60. The molecule has 1 aromatic carbocycles. The summed E-state index contributed by atoms with van der Waals surface area (Å²) in [5.74, 6) is -0.833. The fourth-order valence-corrected chi connectivity index (χ4v) is 2.45. The van der Waals surface area contributed by atoms with E-state index in [-0.39, 0.29) is 23.4 Å². The molecule has 1 unspecified atom stereocenters. The van der Waals surface area contributed by atoms with E-state index >= 15 is 0 Å². The van der Waals surface area contributed by atoms with Crippen LogP contribution < -0.4 is 15.8 Å². The molecule has 2 rings (SSSR count). The van der Waals surface area contributed by atoms with Crippen LogP contribution in [0.25, 0.3) is 0 Å². The number of carbonyl (C=O) groups is 1. The minimum Gasteiger partial charge on any atom is -0.476 e. The maximum Gasteiger partial charge on any atom is 0.260 e. The van der Waals surface area contributed by atoms with Crippen LogP contribution in [-0.4, -0.2) is 18.1 Å². The molecule has 0 bridgehead atoms. The minimum atomic E-state index is -0.767. The number of halogens is 1. The molecule has 5 heteroatoms. The van der Waals surface area contributed by atoms with Crippen LogP contribution in [0.5, 0.6) is 5.75 Å². The molecule has 0 aliphatic heterocycles. The maximum absolute atomic E-state index is 13.6. The molecule has 0 aromatic heterocycles. The largest absolute Gasteiger partial charge is 0.476 e. The number of hydrogen-bond acceptors (Lipinski definition) is 3. The van der Waals surface area contributed by atoms with Crippen LogP contribution in [-0.2, 0) is 4.79 Å². The number of para-hydroxylation sites is 1. The smallest absolute Gasteiger partial charge is 0.260 e. The second-order valence-corrected chi connectivity index (χ2v) is 5.26. The number of anilines is 1. The summed E-state index contributed by atoms with van der Waals surface area (Å²) in [5.41, 5.74) is 5.85. The number of benzene rings is 1. The maximum atomic E-state index is 13.6. The normalized spacial score (nSPS) is 17.5. The fourth-order valence-electron chi connectivity index (χ4n) is 2.45. The highest BCUT2D eigenvalue weighted by Gasteiger charge is 2.22. The first-order valence-electron chi connectivity index (χ1n) is 7.09. The van der Waals surface area contributed by atoms with Crippen molar-refractivity contribution in [1.82, 2.24) is 5.32 Å². The molecule has 1 atom stereocenters. The molecule has 20 heavy (non-hydrogen) atoms. The number of nitrogens with one attached hydrogen (secondary N) is 1. The molecule has 1 aromatic rings. The van der Waals surface area contributed by atoms with Crippen molar-refractivity contribution in [3.63, 3.8) is 0 Å². The van der Waals surface area contributed by atoms with Gasteiger partial charge in [0.15, 0.2) is 17.7 Å². The molecule has 0 heterocycles. The summed E-state index contributed by atoms with van der Waals surface area (Å²) in [5, 5.41) is 2.95. The zero-order valence-corrected chi connectivity index (χ0v) is 11.7. The first-order chi connectivity index (χ1) is 9.58. The van der Waals surface area contributed by atoms with Gasteiger partial charge >= 0.3 is 0 Å². The highest BCUT2D eigenvalue weighted by Crippen LogP contribution is 2.26. The van der Waals surface area contributed by atoms with Crippen LogP contribution in [0, 0.1) is 5.82 Å². The van der Waals surface area contributed by atoms with Gasteiger partial charge in [-0.2, -0.15) is 0 Å². The number of nitrogen functional groups attached to an aromatic ring is 1. The topological polar surface area (TPSA) is 64.3 Å². The Kier molecular flexibility index (Phi) is 4.82. The molecule has 4 nitrogen and oxygen atoms in total. The van der Waals surface area contributed by atoms with Crippen molar-refractivity contribution in [2.24, 2.45) is 0 Å². The lowest BCUT2D eigenvalue weighted by Crippen LogP contribution is -2.43. The van der Waals surface area contributed by atoms with Gasteiger partial charge in [0.25, 0.3) is 5.91 Å². The van der Waals surface area contributed by atoms with E-state index in [2.05, 4.69) is 5.32 Å². The van der Waals surface area contributed by atoms with Gasteiger partial charge in [0.05, 0.1) is 5.69 Å². The summed E-state index contributed by atoms with van der Waals surface area (Å²) in [4.78, 5) is 12.0. The summed E-state index contributed by atoms with van der Waals surface area (Å²) in [6, 6.07) is 4.52. The van der Waals surface area contributed by atoms with E-state index in [9.17, 15) is 9.18 Å². The number of hydrogen-bond donors (Lipinski definition) is 2. The Morgan fingerprint density at radius 3 is 2.75 bits per heavy atom. The van der Waals surface area contributed by atoms with Gasteiger partial charge in [0, 0.05) is 6.04 Å². The standard InChI is InChI=1S/C15H21FN2O2/c1-10(15(19)18-11-6-3-2-4-7-11)20-14-12(16)8-5-9-13(14)17/h5,8-11H,2-4,6-7,17H2,1H3,(H,18,19). The molecule has 0 saturated heterocycles. The molecule has 1 aliphatic carbocycles. The van der Waals surface area contributed by atoms with Gasteiger partial charge in [-0.25, -0.2) is 4.39 Å². The van der Waals surface area contributed by atoms with E-state index in [0.29, 0.717) is 0 Å². The lowest BCUT2D eigenvalue weighted by atomic mass is 9.95. The first-order valence-corrected chi connectivity index (χ1v) is 7.09. The highest BCUT2D eigenvalue weighted by molar-refractivity contribution is 5.81. The van der Waals surface area contributed by atoms with Crippen LogP contribution in [0.1, 0.15) is 39.0 Å². The monoisotopic (exact) mass is 280 g/mol. The van der Waals surface area contributed by atoms with Crippen molar-refractivity contribution >= 4 is 11.6 Å². The molecule has 1 aliphatic rings. The Balaban J connectivity index is 1.93. The molecule has 1 amide bonds. The average Bonchev–Trinajstić information content (AvgIpc) is 2.44. The van der Waals surface area contributed by atoms with E-state index in [1.807, 2.05) is 0 Å². The van der Waals surface area contributed by atoms with Crippen molar-refractivity contribution in [3.05, 3.63) is 24.0 Å². The molecule has 1 saturated carbocycles. The van der Waals surface area contributed by atoms with E-state index < -0.39 is 11.9 Å². The third-order valence-corrected chi connectivity index (χ3v) is 3.61. The lowest BCUT2D eigenvalue weighted by molar-refractivity contribution is -0.128. The van der Waals surface area contributed by atoms with Crippen LogP contribution in [0.15, 0.2) is 18.2 Å². The van der Waals surface area contributed by atoms with E-state index in [0.717, 1.165) is 25.7 Å². The second kappa shape index (κ2) is 6.59.